The highest BCUT2D eigenvalue weighted by atomic mass is 19.1. The summed E-state index contributed by atoms with van der Waals surface area (Å²) in [6.45, 7) is 0.772. The van der Waals surface area contributed by atoms with Crippen molar-refractivity contribution in [1.29, 1.82) is 0 Å². The van der Waals surface area contributed by atoms with Crippen molar-refractivity contribution in [3.05, 3.63) is 59.9 Å². The zero-order chi connectivity index (χ0) is 18.3. The normalized spacial score (nSPS) is 27.1. The lowest BCUT2D eigenvalue weighted by molar-refractivity contribution is -0.0664. The number of carbonyl (C=O) groups excluding carboxylic acids is 1. The zero-order valence-corrected chi connectivity index (χ0v) is 15.0. The second-order valence-corrected chi connectivity index (χ2v) is 7.33. The Hall–Kier alpha value is -2.24. The van der Waals surface area contributed by atoms with Crippen LogP contribution in [-0.2, 0) is 4.74 Å². The SMILES string of the molecule is CN(C)[C@@H]1[C@@H](NC(=O)c2ccc(-c3cccc(F)c3)cc2)[C@H]2CCO[C@H]21. The highest BCUT2D eigenvalue weighted by Crippen LogP contribution is 2.41. The van der Waals surface area contributed by atoms with Crippen LogP contribution in [0.15, 0.2) is 48.5 Å². The van der Waals surface area contributed by atoms with E-state index in [1.807, 2.05) is 32.3 Å². The maximum absolute atomic E-state index is 13.4. The summed E-state index contributed by atoms with van der Waals surface area (Å²) in [6, 6.07) is 14.1. The minimum absolute atomic E-state index is 0.0713. The van der Waals surface area contributed by atoms with Gasteiger partial charge in [0.15, 0.2) is 0 Å². The van der Waals surface area contributed by atoms with E-state index in [0.717, 1.165) is 24.2 Å². The monoisotopic (exact) mass is 354 g/mol. The van der Waals surface area contributed by atoms with Crippen molar-refractivity contribution in [1.82, 2.24) is 10.2 Å². The summed E-state index contributed by atoms with van der Waals surface area (Å²) in [7, 11) is 4.05. The quantitative estimate of drug-likeness (QED) is 0.918. The number of fused-ring (bicyclic) bond motifs is 1. The molecule has 2 aromatic rings. The molecule has 1 amide bonds. The Kier molecular flexibility index (Phi) is 4.51. The molecule has 1 saturated carbocycles. The van der Waals surface area contributed by atoms with Gasteiger partial charge >= 0.3 is 0 Å². The van der Waals surface area contributed by atoms with E-state index in [2.05, 4.69) is 10.2 Å². The number of ether oxygens (including phenoxy) is 1. The highest BCUT2D eigenvalue weighted by Gasteiger charge is 2.55. The number of hydrogen-bond donors (Lipinski definition) is 1. The van der Waals surface area contributed by atoms with Gasteiger partial charge in [-0.2, -0.15) is 0 Å². The average molecular weight is 354 g/mol. The van der Waals surface area contributed by atoms with Crippen molar-refractivity contribution in [3.63, 3.8) is 0 Å². The summed E-state index contributed by atoms with van der Waals surface area (Å²) in [5.41, 5.74) is 2.31. The molecule has 2 aliphatic rings. The van der Waals surface area contributed by atoms with E-state index in [0.29, 0.717) is 11.5 Å². The molecule has 0 unspecified atom stereocenters. The number of amides is 1. The molecule has 0 radical (unpaired) electrons. The van der Waals surface area contributed by atoms with E-state index in [-0.39, 0.29) is 29.9 Å². The number of hydrogen-bond acceptors (Lipinski definition) is 3. The lowest BCUT2D eigenvalue weighted by Crippen LogP contribution is -2.69. The topological polar surface area (TPSA) is 41.6 Å². The molecule has 1 heterocycles. The van der Waals surface area contributed by atoms with Crippen molar-refractivity contribution in [2.24, 2.45) is 5.92 Å². The number of halogens is 1. The molecule has 136 valence electrons. The van der Waals surface area contributed by atoms with Crippen molar-refractivity contribution in [2.45, 2.75) is 24.6 Å². The van der Waals surface area contributed by atoms with E-state index in [9.17, 15) is 9.18 Å². The predicted molar refractivity (Wildman–Crippen MR) is 98.4 cm³/mol. The van der Waals surface area contributed by atoms with Gasteiger partial charge < -0.3 is 15.0 Å². The molecule has 1 aliphatic carbocycles. The van der Waals surface area contributed by atoms with Crippen LogP contribution in [-0.4, -0.2) is 49.7 Å². The number of nitrogens with zero attached hydrogens (tertiary/aromatic N) is 1. The Bertz CT molecular complexity index is 806. The van der Waals surface area contributed by atoms with Crippen LogP contribution in [0.2, 0.25) is 0 Å². The second-order valence-electron chi connectivity index (χ2n) is 7.33. The molecule has 26 heavy (non-hydrogen) atoms. The van der Waals surface area contributed by atoms with Gasteiger partial charge in [0, 0.05) is 18.1 Å². The summed E-state index contributed by atoms with van der Waals surface area (Å²) in [5.74, 6) is 0.0632. The third-order valence-corrected chi connectivity index (χ3v) is 5.55. The lowest BCUT2D eigenvalue weighted by Gasteiger charge is -2.50. The van der Waals surface area contributed by atoms with E-state index in [1.165, 1.54) is 12.1 Å². The smallest absolute Gasteiger partial charge is 0.251 e. The van der Waals surface area contributed by atoms with Crippen LogP contribution in [0, 0.1) is 11.7 Å². The zero-order valence-electron chi connectivity index (χ0n) is 15.0. The molecule has 4 nitrogen and oxygen atoms in total. The maximum atomic E-state index is 13.4. The van der Waals surface area contributed by atoms with Crippen molar-refractivity contribution in [3.8, 4) is 11.1 Å². The Labute approximate surface area is 153 Å². The highest BCUT2D eigenvalue weighted by molar-refractivity contribution is 5.95. The van der Waals surface area contributed by atoms with E-state index >= 15 is 0 Å². The molecule has 2 fully saturated rings. The summed E-state index contributed by atoms with van der Waals surface area (Å²) in [5, 5.41) is 3.18. The molecule has 1 saturated heterocycles. The van der Waals surface area contributed by atoms with Crippen molar-refractivity contribution in [2.75, 3.05) is 20.7 Å². The Morgan fingerprint density at radius 3 is 2.62 bits per heavy atom. The molecule has 5 heteroatoms. The van der Waals surface area contributed by atoms with Crippen LogP contribution < -0.4 is 5.32 Å². The summed E-state index contributed by atoms with van der Waals surface area (Å²) in [6.07, 6.45) is 1.23. The van der Waals surface area contributed by atoms with Gasteiger partial charge in [0.1, 0.15) is 5.82 Å². The fraction of sp³-hybridized carbons (Fsp3) is 0.381. The Balaban J connectivity index is 1.47. The largest absolute Gasteiger partial charge is 0.376 e. The molecule has 0 aromatic heterocycles. The van der Waals surface area contributed by atoms with Gasteiger partial charge in [-0.1, -0.05) is 24.3 Å². The van der Waals surface area contributed by atoms with E-state index in [1.54, 1.807) is 18.2 Å². The van der Waals surface area contributed by atoms with Gasteiger partial charge in [-0.3, -0.25) is 4.79 Å². The third-order valence-electron chi connectivity index (χ3n) is 5.55. The van der Waals surface area contributed by atoms with Gasteiger partial charge in [0.05, 0.1) is 18.2 Å². The number of nitrogens with one attached hydrogen (secondary N) is 1. The lowest BCUT2D eigenvalue weighted by atomic mass is 9.71. The molecule has 1 N–H and O–H groups in total. The van der Waals surface area contributed by atoms with Crippen molar-refractivity contribution < 1.29 is 13.9 Å². The number of benzene rings is 2. The molecule has 0 bridgehead atoms. The minimum atomic E-state index is -0.266. The first-order valence-corrected chi connectivity index (χ1v) is 8.99. The predicted octanol–water partition coefficient (Wildman–Crippen LogP) is 2.94. The fourth-order valence-corrected chi connectivity index (χ4v) is 4.20. The van der Waals surface area contributed by atoms with Crippen LogP contribution >= 0.6 is 0 Å². The minimum Gasteiger partial charge on any atom is -0.376 e. The summed E-state index contributed by atoms with van der Waals surface area (Å²) < 4.78 is 19.2. The molecule has 4 rings (SSSR count). The number of likely N-dealkylation sites (N-methyl/N-ethyl adjacent to an activating group) is 1. The summed E-state index contributed by atoms with van der Waals surface area (Å²) in [4.78, 5) is 14.8. The maximum Gasteiger partial charge on any atom is 0.251 e. The van der Waals surface area contributed by atoms with Gasteiger partial charge in [0.25, 0.3) is 5.91 Å². The average Bonchev–Trinajstić information content (AvgIpc) is 3.02. The molecule has 1 aliphatic heterocycles. The van der Waals surface area contributed by atoms with Crippen LogP contribution in [0.4, 0.5) is 4.39 Å². The fourth-order valence-electron chi connectivity index (χ4n) is 4.20. The third kappa shape index (κ3) is 3.02. The summed E-state index contributed by atoms with van der Waals surface area (Å²) >= 11 is 0. The molecule has 2 aromatic carbocycles. The van der Waals surface area contributed by atoms with Gasteiger partial charge in [-0.05, 0) is 55.9 Å². The molecular formula is C21H23FN2O2. The van der Waals surface area contributed by atoms with Crippen molar-refractivity contribution >= 4 is 5.91 Å². The van der Waals surface area contributed by atoms with Gasteiger partial charge in [0.2, 0.25) is 0 Å². The van der Waals surface area contributed by atoms with E-state index < -0.39 is 0 Å². The number of rotatable bonds is 4. The van der Waals surface area contributed by atoms with Crippen LogP contribution in [0.1, 0.15) is 16.8 Å². The Morgan fingerprint density at radius 1 is 1.15 bits per heavy atom. The first kappa shape index (κ1) is 17.2. The van der Waals surface area contributed by atoms with Crippen LogP contribution in [0.3, 0.4) is 0 Å². The first-order chi connectivity index (χ1) is 12.5. The van der Waals surface area contributed by atoms with Gasteiger partial charge in [-0.15, -0.1) is 0 Å². The molecule has 0 spiro atoms. The Morgan fingerprint density at radius 2 is 1.92 bits per heavy atom. The second kappa shape index (κ2) is 6.82. The first-order valence-electron chi connectivity index (χ1n) is 8.99. The molecule has 4 atom stereocenters. The van der Waals surface area contributed by atoms with Crippen LogP contribution in [0.5, 0.6) is 0 Å². The van der Waals surface area contributed by atoms with Crippen LogP contribution in [0.25, 0.3) is 11.1 Å². The van der Waals surface area contributed by atoms with Gasteiger partial charge in [-0.25, -0.2) is 4.39 Å². The standard InChI is InChI=1S/C21H23FN2O2/c1-24(2)19-18(17-10-11-26-20(17)19)23-21(25)14-8-6-13(7-9-14)15-4-3-5-16(22)12-15/h3-9,12,17-20H,10-11H2,1-2H3,(H,23,25)/t17-,18+,19-,20-/m1/s1. The molecular weight excluding hydrogens is 331 g/mol. The number of carbonyl (C=O) groups is 1. The van der Waals surface area contributed by atoms with E-state index in [4.69, 9.17) is 4.74 Å².